The topological polar surface area (TPSA) is 75.8 Å². The summed E-state index contributed by atoms with van der Waals surface area (Å²) in [5.74, 6) is 0.533. The zero-order valence-corrected chi connectivity index (χ0v) is 15.1. The monoisotopic (exact) mass is 346 g/mol. The van der Waals surface area contributed by atoms with Crippen molar-refractivity contribution in [2.45, 2.75) is 64.1 Å². The molecule has 1 fully saturated rings. The van der Waals surface area contributed by atoms with Crippen LogP contribution in [0.15, 0.2) is 24.3 Å². The van der Waals surface area contributed by atoms with Crippen LogP contribution >= 0.6 is 0 Å². The van der Waals surface area contributed by atoms with Gasteiger partial charge in [-0.05, 0) is 57.4 Å². The minimum Gasteiger partial charge on any atom is -0.622 e. The lowest BCUT2D eigenvalue weighted by atomic mass is 9.86. The standard InChI is InChI=1S/C19H26N2O4/c1-4-13-25-15-10-8-14(9-11-15)17-18(2,3)21(24)19(20(17)23)12-6-5-7-16(19)22/h8-11,24H,4-7,12-13H2,1-3H3/t19-/m0/s1. The Morgan fingerprint density at radius 3 is 2.56 bits per heavy atom. The summed E-state index contributed by atoms with van der Waals surface area (Å²) in [6, 6.07) is 7.26. The van der Waals surface area contributed by atoms with Crippen LogP contribution in [0.2, 0.25) is 0 Å². The minimum atomic E-state index is -1.49. The molecule has 1 aliphatic heterocycles. The van der Waals surface area contributed by atoms with Gasteiger partial charge in [-0.25, -0.2) is 0 Å². The molecule has 1 aromatic rings. The van der Waals surface area contributed by atoms with E-state index in [9.17, 15) is 15.2 Å². The van der Waals surface area contributed by atoms with Crippen LogP contribution in [0.4, 0.5) is 0 Å². The summed E-state index contributed by atoms with van der Waals surface area (Å²) >= 11 is 0. The van der Waals surface area contributed by atoms with E-state index in [1.165, 1.54) is 0 Å². The van der Waals surface area contributed by atoms with Crippen LogP contribution < -0.4 is 4.74 Å². The van der Waals surface area contributed by atoms with Gasteiger partial charge in [0.25, 0.3) is 0 Å². The van der Waals surface area contributed by atoms with Crippen molar-refractivity contribution in [3.05, 3.63) is 35.0 Å². The van der Waals surface area contributed by atoms with E-state index >= 15 is 0 Å². The Kier molecular flexibility index (Phi) is 4.60. The molecule has 1 aromatic carbocycles. The van der Waals surface area contributed by atoms with Crippen molar-refractivity contribution in [1.82, 2.24) is 5.06 Å². The van der Waals surface area contributed by atoms with Gasteiger partial charge in [0.15, 0.2) is 0 Å². The summed E-state index contributed by atoms with van der Waals surface area (Å²) in [6.45, 7) is 6.21. The molecule has 1 atom stereocenters. The fraction of sp³-hybridized carbons (Fsp3) is 0.579. The van der Waals surface area contributed by atoms with Crippen molar-refractivity contribution in [2.75, 3.05) is 6.61 Å². The molecule has 0 unspecified atom stereocenters. The van der Waals surface area contributed by atoms with Crippen molar-refractivity contribution < 1.29 is 19.5 Å². The van der Waals surface area contributed by atoms with Gasteiger partial charge in [-0.2, -0.15) is 4.74 Å². The first kappa shape index (κ1) is 17.9. The first-order valence-corrected chi connectivity index (χ1v) is 8.96. The van der Waals surface area contributed by atoms with E-state index in [0.29, 0.717) is 30.7 Å². The first-order valence-electron chi connectivity index (χ1n) is 8.96. The molecule has 0 amide bonds. The smallest absolute Gasteiger partial charge is 0.310 e. The van der Waals surface area contributed by atoms with E-state index in [-0.39, 0.29) is 5.78 Å². The van der Waals surface area contributed by atoms with Gasteiger partial charge in [-0.15, -0.1) is 5.06 Å². The summed E-state index contributed by atoms with van der Waals surface area (Å²) in [7, 11) is 0. The fourth-order valence-electron chi connectivity index (χ4n) is 3.92. The molecule has 25 heavy (non-hydrogen) atoms. The van der Waals surface area contributed by atoms with E-state index in [1.54, 1.807) is 13.8 Å². The molecule has 1 aliphatic carbocycles. The summed E-state index contributed by atoms with van der Waals surface area (Å²) in [5.41, 5.74) is -1.35. The number of benzene rings is 1. The Morgan fingerprint density at radius 1 is 1.28 bits per heavy atom. The molecule has 1 heterocycles. The third-order valence-electron chi connectivity index (χ3n) is 5.22. The number of rotatable bonds is 4. The fourth-order valence-corrected chi connectivity index (χ4v) is 3.92. The van der Waals surface area contributed by atoms with Gasteiger partial charge < -0.3 is 15.2 Å². The van der Waals surface area contributed by atoms with Crippen molar-refractivity contribution in [3.8, 4) is 5.75 Å². The lowest BCUT2D eigenvalue weighted by Gasteiger charge is -2.36. The largest absolute Gasteiger partial charge is 0.622 e. The lowest BCUT2D eigenvalue weighted by Crippen LogP contribution is -2.60. The van der Waals surface area contributed by atoms with E-state index in [1.807, 2.05) is 31.2 Å². The highest BCUT2D eigenvalue weighted by Crippen LogP contribution is 2.42. The number of ether oxygens (including phenoxy) is 1. The zero-order valence-electron chi connectivity index (χ0n) is 15.1. The highest BCUT2D eigenvalue weighted by atomic mass is 16.6. The Balaban J connectivity index is 2.03. The number of Topliss-reactive ketones (excluding diaryl/α,β-unsaturated/α-hetero) is 1. The summed E-state index contributed by atoms with van der Waals surface area (Å²) in [6.07, 6.45) is 3.10. The molecule has 1 N–H and O–H groups in total. The quantitative estimate of drug-likeness (QED) is 0.670. The van der Waals surface area contributed by atoms with Gasteiger partial charge in [0, 0.05) is 18.4 Å². The van der Waals surface area contributed by atoms with Crippen molar-refractivity contribution >= 4 is 11.5 Å². The molecule has 0 radical (unpaired) electrons. The van der Waals surface area contributed by atoms with Crippen LogP contribution in [0, 0.1) is 5.21 Å². The van der Waals surface area contributed by atoms with E-state index in [2.05, 4.69) is 0 Å². The summed E-state index contributed by atoms with van der Waals surface area (Å²) in [4.78, 5) is 12.6. The molecular weight excluding hydrogens is 320 g/mol. The number of nitrogens with zero attached hydrogens (tertiary/aromatic N) is 2. The highest BCUT2D eigenvalue weighted by molar-refractivity contribution is 6.06. The highest BCUT2D eigenvalue weighted by Gasteiger charge is 2.66. The van der Waals surface area contributed by atoms with Crippen molar-refractivity contribution in [3.63, 3.8) is 0 Å². The van der Waals surface area contributed by atoms with Crippen LogP contribution in [0.25, 0.3) is 0 Å². The van der Waals surface area contributed by atoms with Crippen LogP contribution in [0.3, 0.4) is 0 Å². The molecule has 0 aromatic heterocycles. The predicted molar refractivity (Wildman–Crippen MR) is 93.9 cm³/mol. The number of carbonyl (C=O) groups excluding carboxylic acids is 1. The van der Waals surface area contributed by atoms with Crippen molar-refractivity contribution in [2.24, 2.45) is 0 Å². The average molecular weight is 346 g/mol. The van der Waals surface area contributed by atoms with Gasteiger partial charge in [0.2, 0.25) is 11.5 Å². The zero-order chi connectivity index (χ0) is 18.2. The normalized spacial score (nSPS) is 26.5. The van der Waals surface area contributed by atoms with E-state index in [4.69, 9.17) is 4.74 Å². The second kappa shape index (κ2) is 6.42. The Labute approximate surface area is 148 Å². The first-order chi connectivity index (χ1) is 11.9. The lowest BCUT2D eigenvalue weighted by molar-refractivity contribution is -0.573. The Bertz CT molecular complexity index is 696. The van der Waals surface area contributed by atoms with Crippen molar-refractivity contribution in [1.29, 1.82) is 0 Å². The molecule has 1 saturated carbocycles. The van der Waals surface area contributed by atoms with E-state index < -0.39 is 11.2 Å². The molecule has 1 spiro atoms. The molecule has 0 saturated heterocycles. The second-order valence-corrected chi connectivity index (χ2v) is 7.33. The number of hydrogen-bond acceptors (Lipinski definition) is 5. The molecule has 6 heteroatoms. The second-order valence-electron chi connectivity index (χ2n) is 7.33. The van der Waals surface area contributed by atoms with Crippen LogP contribution in [0.1, 0.15) is 58.4 Å². The molecule has 0 bridgehead atoms. The maximum absolute atomic E-state index is 13.2. The van der Waals surface area contributed by atoms with Crippen LogP contribution in [0.5, 0.6) is 5.75 Å². The maximum Gasteiger partial charge on any atom is 0.310 e. The van der Waals surface area contributed by atoms with Gasteiger partial charge >= 0.3 is 5.66 Å². The molecule has 2 aliphatic rings. The van der Waals surface area contributed by atoms with Crippen LogP contribution in [-0.2, 0) is 4.79 Å². The van der Waals surface area contributed by atoms with Gasteiger partial charge in [0.05, 0.1) is 6.61 Å². The number of ketones is 1. The third kappa shape index (κ3) is 2.64. The van der Waals surface area contributed by atoms with Gasteiger partial charge in [-0.1, -0.05) is 6.92 Å². The Morgan fingerprint density at radius 2 is 1.96 bits per heavy atom. The average Bonchev–Trinajstić information content (AvgIpc) is 2.74. The SMILES string of the molecule is CCCOc1ccc(C2=[N+]([O-])[C@@]3(CCCCC3=O)N(O)C2(C)C)cc1. The predicted octanol–water partition coefficient (Wildman–Crippen LogP) is 3.10. The molecule has 6 nitrogen and oxygen atoms in total. The van der Waals surface area contributed by atoms with E-state index in [0.717, 1.165) is 34.8 Å². The molecular formula is C19H26N2O4. The van der Waals surface area contributed by atoms with Crippen LogP contribution in [-0.4, -0.2) is 44.3 Å². The summed E-state index contributed by atoms with van der Waals surface area (Å²) in [5, 5.41) is 25.0. The maximum atomic E-state index is 13.2. The molecule has 136 valence electrons. The van der Waals surface area contributed by atoms with Gasteiger partial charge in [0.1, 0.15) is 11.3 Å². The number of hydrogen-bond donors (Lipinski definition) is 1. The minimum absolute atomic E-state index is 0.206. The molecule has 3 rings (SSSR count). The number of carbonyl (C=O) groups is 1. The third-order valence-corrected chi connectivity index (χ3v) is 5.22. The summed E-state index contributed by atoms with van der Waals surface area (Å²) < 4.78 is 6.33. The Hall–Kier alpha value is -1.92. The number of hydroxylamine groups is 3. The van der Waals surface area contributed by atoms with Gasteiger partial charge in [-0.3, -0.25) is 4.79 Å².